The first-order valence-electron chi connectivity index (χ1n) is 7.86. The highest BCUT2D eigenvalue weighted by Gasteiger charge is 2.27. The van der Waals surface area contributed by atoms with E-state index in [4.69, 9.17) is 5.73 Å². The fraction of sp³-hybridized carbons (Fsp3) is 0.222. The predicted octanol–water partition coefficient (Wildman–Crippen LogP) is 1.61. The molecule has 1 atom stereocenters. The largest absolute Gasteiger partial charge is 0.369 e. The minimum absolute atomic E-state index is 0.0824. The summed E-state index contributed by atoms with van der Waals surface area (Å²) in [5.41, 5.74) is 7.41. The molecule has 2 amide bonds. The number of rotatable bonds is 5. The van der Waals surface area contributed by atoms with Gasteiger partial charge in [0.05, 0.1) is 16.6 Å². The first kappa shape index (κ1) is 17.2. The summed E-state index contributed by atoms with van der Waals surface area (Å²) in [5.74, 6) is -2.07. The molecule has 2 aromatic carbocycles. The Bertz CT molecular complexity index is 923. The third-order valence-corrected chi connectivity index (χ3v) is 6.01. The number of benzene rings is 2. The highest BCUT2D eigenvalue weighted by molar-refractivity contribution is 7.91. The van der Waals surface area contributed by atoms with Crippen molar-refractivity contribution in [2.75, 3.05) is 11.1 Å². The van der Waals surface area contributed by atoms with E-state index in [2.05, 4.69) is 5.32 Å². The maximum Gasteiger partial charge on any atom is 0.226 e. The summed E-state index contributed by atoms with van der Waals surface area (Å²) in [6.45, 7) is 0. The average molecular weight is 358 g/mol. The van der Waals surface area contributed by atoms with Gasteiger partial charge in [-0.25, -0.2) is 8.42 Å². The molecule has 1 unspecified atom stereocenters. The van der Waals surface area contributed by atoms with Gasteiger partial charge in [0.25, 0.3) is 0 Å². The normalized spacial score (nSPS) is 15.1. The molecule has 0 aliphatic carbocycles. The quantitative estimate of drug-likeness (QED) is 0.847. The van der Waals surface area contributed by atoms with Crippen LogP contribution in [0.1, 0.15) is 23.5 Å². The Morgan fingerprint density at radius 2 is 1.84 bits per heavy atom. The van der Waals surface area contributed by atoms with Crippen LogP contribution in [0, 0.1) is 0 Å². The van der Waals surface area contributed by atoms with E-state index in [9.17, 15) is 18.0 Å². The molecular formula is C18H18N2O4S. The molecule has 1 heterocycles. The zero-order valence-corrected chi connectivity index (χ0v) is 14.3. The number of primary amides is 1. The second-order valence-corrected chi connectivity index (χ2v) is 8.05. The fourth-order valence-corrected chi connectivity index (χ4v) is 4.48. The minimum atomic E-state index is -3.71. The lowest BCUT2D eigenvalue weighted by Gasteiger charge is -2.19. The van der Waals surface area contributed by atoms with Crippen LogP contribution in [0.25, 0.3) is 0 Å². The number of carbonyl (C=O) groups excluding carboxylic acids is 2. The van der Waals surface area contributed by atoms with Crippen LogP contribution >= 0.6 is 0 Å². The fourth-order valence-electron chi connectivity index (χ4n) is 2.90. The smallest absolute Gasteiger partial charge is 0.226 e. The van der Waals surface area contributed by atoms with Crippen LogP contribution in [0.15, 0.2) is 53.4 Å². The van der Waals surface area contributed by atoms with Crippen LogP contribution < -0.4 is 11.1 Å². The highest BCUT2D eigenvalue weighted by atomic mass is 32.2. The lowest BCUT2D eigenvalue weighted by Crippen LogP contribution is -2.28. The molecule has 1 aliphatic rings. The number of nitrogens with two attached hydrogens (primary N) is 1. The Labute approximate surface area is 146 Å². The SMILES string of the molecule is NC(=O)C(CS(=O)(=O)c1ccc2c(c1)CCC(=O)N2)c1ccccc1. The molecule has 6 nitrogen and oxygen atoms in total. The molecule has 0 fully saturated rings. The van der Waals surface area contributed by atoms with Crippen LogP contribution in [0.3, 0.4) is 0 Å². The number of anilines is 1. The summed E-state index contributed by atoms with van der Waals surface area (Å²) < 4.78 is 25.6. The van der Waals surface area contributed by atoms with Crippen molar-refractivity contribution in [1.29, 1.82) is 0 Å². The third-order valence-electron chi connectivity index (χ3n) is 4.26. The minimum Gasteiger partial charge on any atom is -0.369 e. The average Bonchev–Trinajstić information content (AvgIpc) is 2.59. The molecule has 7 heteroatoms. The van der Waals surface area contributed by atoms with Crippen LogP contribution in [-0.4, -0.2) is 26.0 Å². The second-order valence-electron chi connectivity index (χ2n) is 6.01. The molecule has 0 bridgehead atoms. The van der Waals surface area contributed by atoms with Gasteiger partial charge in [0.15, 0.2) is 9.84 Å². The molecule has 3 rings (SSSR count). The van der Waals surface area contributed by atoms with Crippen molar-refractivity contribution in [1.82, 2.24) is 0 Å². The van der Waals surface area contributed by atoms with E-state index in [1.807, 2.05) is 0 Å². The number of carbonyl (C=O) groups is 2. The summed E-state index contributed by atoms with van der Waals surface area (Å²) in [7, 11) is -3.71. The Morgan fingerprint density at radius 1 is 1.12 bits per heavy atom. The zero-order chi connectivity index (χ0) is 18.0. The summed E-state index contributed by atoms with van der Waals surface area (Å²) in [4.78, 5) is 23.3. The van der Waals surface area contributed by atoms with Crippen molar-refractivity contribution >= 4 is 27.3 Å². The van der Waals surface area contributed by atoms with Crippen molar-refractivity contribution in [3.63, 3.8) is 0 Å². The molecule has 0 spiro atoms. The molecule has 0 aromatic heterocycles. The number of sulfone groups is 1. The van der Waals surface area contributed by atoms with E-state index in [-0.39, 0.29) is 10.8 Å². The number of hydrogen-bond acceptors (Lipinski definition) is 4. The van der Waals surface area contributed by atoms with E-state index >= 15 is 0 Å². The summed E-state index contributed by atoms with van der Waals surface area (Å²) in [5, 5.41) is 2.72. The van der Waals surface area contributed by atoms with Crippen LogP contribution in [-0.2, 0) is 25.8 Å². The Kier molecular flexibility index (Phi) is 4.59. The lowest BCUT2D eigenvalue weighted by atomic mass is 10.0. The lowest BCUT2D eigenvalue weighted by molar-refractivity contribution is -0.119. The molecule has 0 saturated carbocycles. The van der Waals surface area contributed by atoms with Crippen molar-refractivity contribution in [2.45, 2.75) is 23.7 Å². The van der Waals surface area contributed by atoms with E-state index < -0.39 is 27.4 Å². The molecule has 0 saturated heterocycles. The van der Waals surface area contributed by atoms with Crippen molar-refractivity contribution in [2.24, 2.45) is 5.73 Å². The van der Waals surface area contributed by atoms with Gasteiger partial charge >= 0.3 is 0 Å². The van der Waals surface area contributed by atoms with Gasteiger partial charge in [0.1, 0.15) is 0 Å². The third kappa shape index (κ3) is 3.71. The summed E-state index contributed by atoms with van der Waals surface area (Å²) >= 11 is 0. The van der Waals surface area contributed by atoms with Crippen LogP contribution in [0.5, 0.6) is 0 Å². The first-order chi connectivity index (χ1) is 11.9. The monoisotopic (exact) mass is 358 g/mol. The maximum absolute atomic E-state index is 12.8. The molecule has 2 aromatic rings. The zero-order valence-electron chi connectivity index (χ0n) is 13.4. The topological polar surface area (TPSA) is 106 Å². The standard InChI is InChI=1S/C18H18N2O4S/c19-18(22)15(12-4-2-1-3-5-12)11-25(23,24)14-7-8-16-13(10-14)6-9-17(21)20-16/h1-5,7-8,10,15H,6,9,11H2,(H2,19,22)(H,20,21). The number of amides is 2. The maximum atomic E-state index is 12.8. The summed E-state index contributed by atoms with van der Waals surface area (Å²) in [6.07, 6.45) is 0.812. The Morgan fingerprint density at radius 3 is 2.52 bits per heavy atom. The molecule has 0 radical (unpaired) electrons. The van der Waals surface area contributed by atoms with Crippen LogP contribution in [0.4, 0.5) is 5.69 Å². The molecular weight excluding hydrogens is 340 g/mol. The van der Waals surface area contributed by atoms with Gasteiger partial charge in [-0.1, -0.05) is 30.3 Å². The van der Waals surface area contributed by atoms with Gasteiger partial charge in [-0.2, -0.15) is 0 Å². The van der Waals surface area contributed by atoms with Gasteiger partial charge in [0.2, 0.25) is 11.8 Å². The molecule has 25 heavy (non-hydrogen) atoms. The van der Waals surface area contributed by atoms with E-state index in [1.165, 1.54) is 6.07 Å². The number of aryl methyl sites for hydroxylation is 1. The molecule has 130 valence electrons. The first-order valence-corrected chi connectivity index (χ1v) is 9.52. The predicted molar refractivity (Wildman–Crippen MR) is 93.8 cm³/mol. The van der Waals surface area contributed by atoms with E-state index in [0.717, 1.165) is 5.56 Å². The summed E-state index contributed by atoms with van der Waals surface area (Å²) in [6, 6.07) is 13.2. The van der Waals surface area contributed by atoms with Crippen LogP contribution in [0.2, 0.25) is 0 Å². The van der Waals surface area contributed by atoms with E-state index in [1.54, 1.807) is 42.5 Å². The van der Waals surface area contributed by atoms with Crippen molar-refractivity contribution in [3.8, 4) is 0 Å². The van der Waals surface area contributed by atoms with Crippen molar-refractivity contribution < 1.29 is 18.0 Å². The van der Waals surface area contributed by atoms with Crippen molar-refractivity contribution in [3.05, 3.63) is 59.7 Å². The Hall–Kier alpha value is -2.67. The van der Waals surface area contributed by atoms with Gasteiger partial charge in [-0.05, 0) is 35.7 Å². The molecule has 1 aliphatic heterocycles. The highest BCUT2D eigenvalue weighted by Crippen LogP contribution is 2.28. The van der Waals surface area contributed by atoms with Gasteiger partial charge in [-0.15, -0.1) is 0 Å². The van der Waals surface area contributed by atoms with Gasteiger partial charge < -0.3 is 11.1 Å². The van der Waals surface area contributed by atoms with Gasteiger partial charge in [0, 0.05) is 12.1 Å². The number of hydrogen-bond donors (Lipinski definition) is 2. The second kappa shape index (κ2) is 6.68. The van der Waals surface area contributed by atoms with Gasteiger partial charge in [-0.3, -0.25) is 9.59 Å². The van der Waals surface area contributed by atoms with E-state index in [0.29, 0.717) is 24.1 Å². The number of nitrogens with one attached hydrogen (secondary N) is 1. The Balaban J connectivity index is 1.91. The molecule has 3 N–H and O–H groups in total. The number of fused-ring (bicyclic) bond motifs is 1.